The Labute approximate surface area is 190 Å². The van der Waals surface area contributed by atoms with E-state index in [1.54, 1.807) is 25.1 Å². The first-order valence-corrected chi connectivity index (χ1v) is 10.5. The van der Waals surface area contributed by atoms with Crippen LogP contribution in [-0.4, -0.2) is 40.3 Å². The second-order valence-corrected chi connectivity index (χ2v) is 8.79. The van der Waals surface area contributed by atoms with Gasteiger partial charge in [-0.05, 0) is 30.7 Å². The number of aromatic nitrogens is 2. The zero-order valence-corrected chi connectivity index (χ0v) is 18.8. The molecule has 0 radical (unpaired) electrons. The third-order valence-electron chi connectivity index (χ3n) is 5.78. The molecule has 1 unspecified atom stereocenters. The fourth-order valence-electron chi connectivity index (χ4n) is 3.92. The minimum atomic E-state index is -4.41. The zero-order chi connectivity index (χ0) is 23.3. The summed E-state index contributed by atoms with van der Waals surface area (Å²) in [6.07, 6.45) is -0.594. The van der Waals surface area contributed by atoms with E-state index in [1.807, 2.05) is 40.6 Å². The van der Waals surface area contributed by atoms with Crippen LogP contribution in [0.25, 0.3) is 0 Å². The van der Waals surface area contributed by atoms with Gasteiger partial charge in [-0.3, -0.25) is 4.57 Å². The van der Waals surface area contributed by atoms with Gasteiger partial charge in [-0.15, -0.1) is 0 Å². The van der Waals surface area contributed by atoms with Crippen LogP contribution in [0.3, 0.4) is 0 Å². The van der Waals surface area contributed by atoms with Gasteiger partial charge in [-0.1, -0.05) is 42.5 Å². The Hall–Kier alpha value is -2.87. The number of nitrogens with zero attached hydrogens (tertiary/aromatic N) is 4. The number of hydrogen-bond acceptors (Lipinski definition) is 4. The summed E-state index contributed by atoms with van der Waals surface area (Å²) in [4.78, 5) is 8.51. The van der Waals surface area contributed by atoms with E-state index in [1.165, 1.54) is 6.08 Å². The third kappa shape index (κ3) is 4.24. The minimum absolute atomic E-state index is 0.260. The highest BCUT2D eigenvalue weighted by Crippen LogP contribution is 2.39. The smallest absolute Gasteiger partial charge is 0.412 e. The molecule has 0 amide bonds. The Morgan fingerprint density at radius 2 is 1.91 bits per heavy atom. The first-order valence-electron chi connectivity index (χ1n) is 10.1. The van der Waals surface area contributed by atoms with E-state index in [0.717, 1.165) is 23.2 Å². The van der Waals surface area contributed by atoms with Crippen molar-refractivity contribution in [1.82, 2.24) is 14.5 Å². The molecule has 0 saturated carbocycles. The first kappa shape index (κ1) is 22.3. The van der Waals surface area contributed by atoms with E-state index in [4.69, 9.17) is 16.3 Å². The molecule has 0 saturated heterocycles. The number of benzene rings is 1. The van der Waals surface area contributed by atoms with Crippen LogP contribution in [0, 0.1) is 0 Å². The molecule has 9 heteroatoms. The van der Waals surface area contributed by atoms with Crippen molar-refractivity contribution in [3.05, 3.63) is 76.7 Å². The quantitative estimate of drug-likeness (QED) is 0.596. The molecule has 2 heterocycles. The number of rotatable bonds is 4. The van der Waals surface area contributed by atoms with E-state index in [0.29, 0.717) is 23.9 Å². The molecule has 1 aliphatic carbocycles. The van der Waals surface area contributed by atoms with Crippen molar-refractivity contribution in [2.75, 3.05) is 19.0 Å². The molecule has 0 bridgehead atoms. The lowest BCUT2D eigenvalue weighted by Crippen LogP contribution is -2.36. The molecule has 0 spiro atoms. The Bertz CT molecular complexity index is 1100. The second-order valence-electron chi connectivity index (χ2n) is 8.35. The van der Waals surface area contributed by atoms with Crippen LogP contribution in [-0.2, 0) is 13.1 Å². The molecule has 0 N–H and O–H groups in total. The number of fused-ring (bicyclic) bond motifs is 1. The van der Waals surface area contributed by atoms with Gasteiger partial charge in [0.1, 0.15) is 11.4 Å². The fraction of sp³-hybridized carbons (Fsp3) is 0.348. The lowest BCUT2D eigenvalue weighted by Gasteiger charge is -2.34. The lowest BCUT2D eigenvalue weighted by molar-refractivity contribution is -0.0988. The summed E-state index contributed by atoms with van der Waals surface area (Å²) < 4.78 is 48.1. The maximum atomic E-state index is 13.3. The highest BCUT2D eigenvalue weighted by Gasteiger charge is 2.41. The van der Waals surface area contributed by atoms with Gasteiger partial charge in [0.15, 0.2) is 5.82 Å². The minimum Gasteiger partial charge on any atom is -0.454 e. The van der Waals surface area contributed by atoms with Gasteiger partial charge in [0.05, 0.1) is 18.8 Å². The molecular formula is C23H24ClF3N4O. The van der Waals surface area contributed by atoms with Gasteiger partial charge in [0.2, 0.25) is 0 Å². The molecule has 1 aromatic carbocycles. The standard InChI is InChI=1S/C23H24ClF3N4O/c1-15-29(3)14-19-20(30(15)4)28-21(31(19)13-16-7-9-18(24)10-8-16)32-22(2)11-5-6-17(12-22)23(25,26)27/h5-11H,1,12-14H2,2-4H3. The van der Waals surface area contributed by atoms with Gasteiger partial charge < -0.3 is 14.5 Å². The number of alkyl halides is 3. The molecule has 4 rings (SSSR count). The molecule has 0 fully saturated rings. The average molecular weight is 465 g/mol. The number of halogens is 4. The molecular weight excluding hydrogens is 441 g/mol. The molecule has 5 nitrogen and oxygen atoms in total. The Kier molecular flexibility index (Phi) is 5.53. The van der Waals surface area contributed by atoms with Gasteiger partial charge in [0, 0.05) is 31.1 Å². The van der Waals surface area contributed by atoms with Crippen molar-refractivity contribution in [3.63, 3.8) is 0 Å². The van der Waals surface area contributed by atoms with Gasteiger partial charge in [-0.25, -0.2) is 0 Å². The van der Waals surface area contributed by atoms with Crippen LogP contribution in [0.15, 0.2) is 60.5 Å². The Morgan fingerprint density at radius 1 is 1.22 bits per heavy atom. The zero-order valence-electron chi connectivity index (χ0n) is 18.1. The van der Waals surface area contributed by atoms with Crippen molar-refractivity contribution >= 4 is 17.4 Å². The predicted octanol–water partition coefficient (Wildman–Crippen LogP) is 5.52. The van der Waals surface area contributed by atoms with Crippen molar-refractivity contribution in [3.8, 4) is 6.01 Å². The summed E-state index contributed by atoms with van der Waals surface area (Å²) in [5.74, 6) is 1.44. The van der Waals surface area contributed by atoms with Gasteiger partial charge in [0.25, 0.3) is 6.01 Å². The highest BCUT2D eigenvalue weighted by atomic mass is 35.5. The molecule has 2 aliphatic rings. The summed E-state index contributed by atoms with van der Waals surface area (Å²) in [6.45, 7) is 6.69. The lowest BCUT2D eigenvalue weighted by atomic mass is 9.91. The Morgan fingerprint density at radius 3 is 2.56 bits per heavy atom. The van der Waals surface area contributed by atoms with E-state index in [2.05, 4.69) is 11.6 Å². The first-order chi connectivity index (χ1) is 15.0. The SMILES string of the molecule is C=C1N(C)Cc2c(nc(OC3(C)C=CC=C(C(F)(F)F)C3)n2Cc2ccc(Cl)cc2)N1C. The summed E-state index contributed by atoms with van der Waals surface area (Å²) in [5.41, 5.74) is 0.0391. The van der Waals surface area contributed by atoms with Crippen molar-refractivity contribution in [2.24, 2.45) is 0 Å². The second kappa shape index (κ2) is 7.92. The van der Waals surface area contributed by atoms with Crippen LogP contribution in [0.5, 0.6) is 6.01 Å². The monoisotopic (exact) mass is 464 g/mol. The number of imidazole rings is 1. The molecule has 1 aromatic heterocycles. The van der Waals surface area contributed by atoms with E-state index in [-0.39, 0.29) is 12.4 Å². The van der Waals surface area contributed by atoms with Gasteiger partial charge >= 0.3 is 6.18 Å². The third-order valence-corrected chi connectivity index (χ3v) is 6.03. The van der Waals surface area contributed by atoms with Crippen LogP contribution in [0.2, 0.25) is 5.02 Å². The van der Waals surface area contributed by atoms with Crippen molar-refractivity contribution in [2.45, 2.75) is 38.2 Å². The largest absolute Gasteiger partial charge is 0.454 e. The van der Waals surface area contributed by atoms with Gasteiger partial charge in [-0.2, -0.15) is 18.2 Å². The maximum Gasteiger partial charge on any atom is 0.412 e. The molecule has 1 aliphatic heterocycles. The highest BCUT2D eigenvalue weighted by molar-refractivity contribution is 6.30. The van der Waals surface area contributed by atoms with E-state index >= 15 is 0 Å². The summed E-state index contributed by atoms with van der Waals surface area (Å²) in [5, 5.41) is 0.625. The summed E-state index contributed by atoms with van der Waals surface area (Å²) in [7, 11) is 3.78. The number of hydrogen-bond donors (Lipinski definition) is 0. The predicted molar refractivity (Wildman–Crippen MR) is 119 cm³/mol. The average Bonchev–Trinajstić information content (AvgIpc) is 3.04. The number of allylic oxidation sites excluding steroid dienone is 2. The number of anilines is 1. The normalized spacial score (nSPS) is 21.0. The maximum absolute atomic E-state index is 13.3. The van der Waals surface area contributed by atoms with Crippen LogP contribution < -0.4 is 9.64 Å². The van der Waals surface area contributed by atoms with Crippen LogP contribution in [0.1, 0.15) is 24.6 Å². The van der Waals surface area contributed by atoms with Crippen molar-refractivity contribution in [1.29, 1.82) is 0 Å². The molecule has 170 valence electrons. The molecule has 32 heavy (non-hydrogen) atoms. The van der Waals surface area contributed by atoms with Crippen molar-refractivity contribution < 1.29 is 17.9 Å². The molecule has 1 atom stereocenters. The number of ether oxygens (including phenoxy) is 1. The van der Waals surface area contributed by atoms with Crippen LogP contribution >= 0.6 is 11.6 Å². The fourth-order valence-corrected chi connectivity index (χ4v) is 4.05. The summed E-state index contributed by atoms with van der Waals surface area (Å²) >= 11 is 6.02. The van der Waals surface area contributed by atoms with E-state index in [9.17, 15) is 13.2 Å². The van der Waals surface area contributed by atoms with Crippen LogP contribution in [0.4, 0.5) is 19.0 Å². The summed E-state index contributed by atoms with van der Waals surface area (Å²) in [6, 6.07) is 7.66. The molecule has 2 aromatic rings. The topological polar surface area (TPSA) is 33.5 Å². The Balaban J connectivity index is 1.73. The van der Waals surface area contributed by atoms with E-state index < -0.39 is 17.4 Å².